The van der Waals surface area contributed by atoms with Gasteiger partial charge in [0.05, 0.1) is 24.7 Å². The molecule has 3 rings (SSSR count). The van der Waals surface area contributed by atoms with E-state index >= 15 is 0 Å². The number of amides is 2. The van der Waals surface area contributed by atoms with Crippen molar-refractivity contribution in [2.24, 2.45) is 5.92 Å². The van der Waals surface area contributed by atoms with Gasteiger partial charge in [-0.2, -0.15) is 5.26 Å². The van der Waals surface area contributed by atoms with Gasteiger partial charge in [-0.25, -0.2) is 0 Å². The average Bonchev–Trinajstić information content (AvgIpc) is 2.90. The lowest BCUT2D eigenvalue weighted by molar-refractivity contribution is -0.155. The van der Waals surface area contributed by atoms with E-state index < -0.39 is 11.4 Å². The lowest BCUT2D eigenvalue weighted by Crippen LogP contribution is -2.56. The summed E-state index contributed by atoms with van der Waals surface area (Å²) in [5, 5.41) is 11.6. The molecule has 0 aromatic carbocycles. The number of hydrogen-bond acceptors (Lipinski definition) is 5. The van der Waals surface area contributed by atoms with Gasteiger partial charge in [-0.15, -0.1) is 0 Å². The number of aromatic nitrogens is 1. The Morgan fingerprint density at radius 2 is 2.22 bits per heavy atom. The monoisotopic (exact) mass is 314 g/mol. The Hall–Kier alpha value is -2.46. The van der Waals surface area contributed by atoms with Crippen molar-refractivity contribution in [3.05, 3.63) is 29.6 Å². The molecule has 1 aromatic rings. The standard InChI is InChI=1S/C16H18N4O3/c1-10(2)15(3)14(22)19-16(23-9-5-7-17)12-11(6-4-8-18-12)13(21)20(15)16/h4,6,8,10H,5,9H2,1-3H3,(H,19,22). The van der Waals surface area contributed by atoms with Crippen LogP contribution in [-0.4, -0.2) is 33.8 Å². The van der Waals surface area contributed by atoms with Crippen molar-refractivity contribution in [2.75, 3.05) is 6.61 Å². The first-order chi connectivity index (χ1) is 10.9. The fraction of sp³-hybridized carbons (Fsp3) is 0.500. The van der Waals surface area contributed by atoms with E-state index in [-0.39, 0.29) is 30.8 Å². The van der Waals surface area contributed by atoms with Gasteiger partial charge < -0.3 is 10.1 Å². The number of rotatable bonds is 4. The summed E-state index contributed by atoms with van der Waals surface area (Å²) in [7, 11) is 0. The molecule has 1 saturated heterocycles. The van der Waals surface area contributed by atoms with Crippen molar-refractivity contribution in [1.82, 2.24) is 15.2 Å². The number of carbonyl (C=O) groups excluding carboxylic acids is 2. The van der Waals surface area contributed by atoms with Crippen LogP contribution in [0.4, 0.5) is 0 Å². The van der Waals surface area contributed by atoms with Gasteiger partial charge in [0, 0.05) is 6.20 Å². The molecule has 2 atom stereocenters. The second-order valence-electron chi connectivity index (χ2n) is 6.20. The molecule has 2 aliphatic heterocycles. The van der Waals surface area contributed by atoms with Gasteiger partial charge >= 0.3 is 0 Å². The van der Waals surface area contributed by atoms with Crippen LogP contribution in [0.15, 0.2) is 18.3 Å². The highest BCUT2D eigenvalue weighted by Gasteiger charge is 2.68. The van der Waals surface area contributed by atoms with E-state index in [2.05, 4.69) is 10.3 Å². The Morgan fingerprint density at radius 3 is 2.87 bits per heavy atom. The first-order valence-electron chi connectivity index (χ1n) is 7.53. The molecule has 1 aromatic heterocycles. The molecule has 2 aliphatic rings. The molecular weight excluding hydrogens is 296 g/mol. The van der Waals surface area contributed by atoms with E-state index in [9.17, 15) is 9.59 Å². The van der Waals surface area contributed by atoms with Crippen LogP contribution in [0.25, 0.3) is 0 Å². The zero-order valence-corrected chi connectivity index (χ0v) is 13.3. The minimum Gasteiger partial charge on any atom is -0.332 e. The first kappa shape index (κ1) is 15.4. The van der Waals surface area contributed by atoms with Crippen LogP contribution in [0.5, 0.6) is 0 Å². The van der Waals surface area contributed by atoms with Crippen LogP contribution in [0.2, 0.25) is 0 Å². The van der Waals surface area contributed by atoms with Crippen LogP contribution in [0, 0.1) is 17.2 Å². The minimum atomic E-state index is -1.43. The average molecular weight is 314 g/mol. The highest BCUT2D eigenvalue weighted by Crippen LogP contribution is 2.48. The van der Waals surface area contributed by atoms with E-state index in [1.54, 1.807) is 25.3 Å². The maximum Gasteiger partial charge on any atom is 0.271 e. The van der Waals surface area contributed by atoms with Gasteiger partial charge in [-0.05, 0) is 25.0 Å². The summed E-state index contributed by atoms with van der Waals surface area (Å²) >= 11 is 0. The quantitative estimate of drug-likeness (QED) is 0.840. The predicted octanol–water partition coefficient (Wildman–Crippen LogP) is 1.12. The highest BCUT2D eigenvalue weighted by molar-refractivity contribution is 6.06. The molecule has 1 fully saturated rings. The summed E-state index contributed by atoms with van der Waals surface area (Å²) in [4.78, 5) is 31.3. The van der Waals surface area contributed by atoms with Crippen molar-refractivity contribution in [2.45, 2.75) is 38.6 Å². The summed E-state index contributed by atoms with van der Waals surface area (Å²) in [5.41, 5.74) is -0.262. The molecule has 2 amide bonds. The molecule has 0 spiro atoms. The number of carbonyl (C=O) groups is 2. The number of hydrogen-bond donors (Lipinski definition) is 1. The zero-order valence-electron chi connectivity index (χ0n) is 13.3. The Kier molecular flexibility index (Phi) is 3.38. The maximum absolute atomic E-state index is 12.9. The molecule has 7 nitrogen and oxygen atoms in total. The number of nitrogens with zero attached hydrogens (tertiary/aromatic N) is 3. The summed E-state index contributed by atoms with van der Waals surface area (Å²) in [6.45, 7) is 5.58. The van der Waals surface area contributed by atoms with Crippen molar-refractivity contribution >= 4 is 11.8 Å². The number of ether oxygens (including phenoxy) is 1. The lowest BCUT2D eigenvalue weighted by atomic mass is 9.87. The zero-order chi connectivity index (χ0) is 16.8. The van der Waals surface area contributed by atoms with Crippen LogP contribution >= 0.6 is 0 Å². The Bertz CT molecular complexity index is 726. The molecule has 0 bridgehead atoms. The predicted molar refractivity (Wildman–Crippen MR) is 79.7 cm³/mol. The van der Waals surface area contributed by atoms with Crippen LogP contribution < -0.4 is 5.32 Å². The normalized spacial score (nSPS) is 28.6. The van der Waals surface area contributed by atoms with E-state index in [4.69, 9.17) is 10.00 Å². The van der Waals surface area contributed by atoms with E-state index in [0.717, 1.165) is 0 Å². The fourth-order valence-corrected chi connectivity index (χ4v) is 3.19. The van der Waals surface area contributed by atoms with Crippen LogP contribution in [0.3, 0.4) is 0 Å². The third-order valence-electron chi connectivity index (χ3n) is 4.73. The lowest BCUT2D eigenvalue weighted by Gasteiger charge is -2.39. The van der Waals surface area contributed by atoms with Gasteiger partial charge in [0.1, 0.15) is 11.2 Å². The second kappa shape index (κ2) is 5.03. The largest absolute Gasteiger partial charge is 0.332 e. The smallest absolute Gasteiger partial charge is 0.271 e. The summed E-state index contributed by atoms with van der Waals surface area (Å²) in [6.07, 6.45) is 1.71. The highest BCUT2D eigenvalue weighted by atomic mass is 16.5. The summed E-state index contributed by atoms with van der Waals surface area (Å²) in [6, 6.07) is 5.35. The van der Waals surface area contributed by atoms with E-state index in [0.29, 0.717) is 11.3 Å². The molecule has 7 heteroatoms. The van der Waals surface area contributed by atoms with Gasteiger partial charge in [-0.3, -0.25) is 19.5 Å². The van der Waals surface area contributed by atoms with Gasteiger partial charge in [0.15, 0.2) is 0 Å². The number of fused-ring (bicyclic) bond motifs is 3. The molecule has 0 aliphatic carbocycles. The maximum atomic E-state index is 12.9. The van der Waals surface area contributed by atoms with Gasteiger partial charge in [-0.1, -0.05) is 13.8 Å². The second-order valence-corrected chi connectivity index (χ2v) is 6.20. The van der Waals surface area contributed by atoms with Crippen molar-refractivity contribution in [3.63, 3.8) is 0 Å². The SMILES string of the molecule is CC(C)C1(C)C(=O)NC2(OCCC#N)c3ncccc3C(=O)N21. The summed E-state index contributed by atoms with van der Waals surface area (Å²) in [5.74, 6) is -2.13. The van der Waals surface area contributed by atoms with Crippen LogP contribution in [0.1, 0.15) is 43.2 Å². The van der Waals surface area contributed by atoms with E-state index in [1.807, 2.05) is 19.9 Å². The third kappa shape index (κ3) is 1.82. The van der Waals surface area contributed by atoms with Gasteiger partial charge in [0.2, 0.25) is 5.91 Å². The molecule has 1 N–H and O–H groups in total. The molecule has 23 heavy (non-hydrogen) atoms. The third-order valence-corrected chi connectivity index (χ3v) is 4.73. The molecular formula is C16H18N4O3. The topological polar surface area (TPSA) is 95.3 Å². The number of nitriles is 1. The van der Waals surface area contributed by atoms with Crippen molar-refractivity contribution in [1.29, 1.82) is 5.26 Å². The minimum absolute atomic E-state index is 0.0880. The Balaban J connectivity index is 2.17. The van der Waals surface area contributed by atoms with Crippen LogP contribution in [-0.2, 0) is 15.4 Å². The number of pyridine rings is 1. The van der Waals surface area contributed by atoms with Crippen molar-refractivity contribution < 1.29 is 14.3 Å². The Morgan fingerprint density at radius 1 is 1.48 bits per heavy atom. The Labute approximate surface area is 134 Å². The van der Waals surface area contributed by atoms with Gasteiger partial charge in [0.25, 0.3) is 11.8 Å². The van der Waals surface area contributed by atoms with E-state index in [1.165, 1.54) is 4.90 Å². The first-order valence-corrected chi connectivity index (χ1v) is 7.53. The molecule has 3 heterocycles. The molecule has 0 radical (unpaired) electrons. The molecule has 2 unspecified atom stereocenters. The molecule has 0 saturated carbocycles. The fourth-order valence-electron chi connectivity index (χ4n) is 3.19. The molecule has 120 valence electrons. The van der Waals surface area contributed by atoms with Crippen molar-refractivity contribution in [3.8, 4) is 6.07 Å². The number of nitrogens with one attached hydrogen (secondary N) is 1. The summed E-state index contributed by atoms with van der Waals surface area (Å²) < 4.78 is 5.86.